The van der Waals surface area contributed by atoms with Crippen molar-refractivity contribution in [2.45, 2.75) is 13.0 Å². The lowest BCUT2D eigenvalue weighted by molar-refractivity contribution is 0.301. The van der Waals surface area contributed by atoms with Crippen molar-refractivity contribution in [1.29, 1.82) is 0 Å². The monoisotopic (exact) mass is 281 g/mol. The van der Waals surface area contributed by atoms with Gasteiger partial charge in [-0.3, -0.25) is 0 Å². The van der Waals surface area contributed by atoms with E-state index in [0.717, 1.165) is 12.1 Å². The first-order chi connectivity index (χ1) is 9.60. The standard InChI is InChI=1S/C15H14F3NO/c16-12-2-4-15(11(8-12)5-6-19)20-9-10-1-3-13(17)14(18)7-10/h1-4,7-8H,5-6,9,19H2. The Morgan fingerprint density at radius 2 is 1.75 bits per heavy atom. The van der Waals surface area contributed by atoms with Crippen LogP contribution in [0, 0.1) is 17.5 Å². The van der Waals surface area contributed by atoms with Gasteiger partial charge in [0.1, 0.15) is 18.2 Å². The lowest BCUT2D eigenvalue weighted by Crippen LogP contribution is -2.06. The van der Waals surface area contributed by atoms with Crippen molar-refractivity contribution in [2.24, 2.45) is 5.73 Å². The lowest BCUT2D eigenvalue weighted by atomic mass is 10.1. The topological polar surface area (TPSA) is 35.2 Å². The summed E-state index contributed by atoms with van der Waals surface area (Å²) in [6, 6.07) is 7.68. The van der Waals surface area contributed by atoms with E-state index >= 15 is 0 Å². The van der Waals surface area contributed by atoms with E-state index in [1.807, 2.05) is 0 Å². The van der Waals surface area contributed by atoms with Crippen LogP contribution in [0.2, 0.25) is 0 Å². The van der Waals surface area contributed by atoms with Crippen molar-refractivity contribution in [3.63, 3.8) is 0 Å². The third-order valence-corrected chi connectivity index (χ3v) is 2.81. The summed E-state index contributed by atoms with van der Waals surface area (Å²) >= 11 is 0. The largest absolute Gasteiger partial charge is 0.489 e. The van der Waals surface area contributed by atoms with Crippen LogP contribution < -0.4 is 10.5 Å². The Bertz CT molecular complexity index is 602. The highest BCUT2D eigenvalue weighted by Crippen LogP contribution is 2.21. The maximum absolute atomic E-state index is 13.1. The average molecular weight is 281 g/mol. The molecule has 2 aromatic carbocycles. The Balaban J connectivity index is 2.11. The second-order valence-corrected chi connectivity index (χ2v) is 4.33. The smallest absolute Gasteiger partial charge is 0.159 e. The van der Waals surface area contributed by atoms with E-state index in [4.69, 9.17) is 10.5 Å². The minimum absolute atomic E-state index is 0.0698. The Morgan fingerprint density at radius 3 is 2.45 bits per heavy atom. The van der Waals surface area contributed by atoms with E-state index < -0.39 is 11.6 Å². The highest BCUT2D eigenvalue weighted by molar-refractivity contribution is 5.34. The maximum atomic E-state index is 13.1. The van der Waals surface area contributed by atoms with E-state index in [9.17, 15) is 13.2 Å². The molecule has 0 amide bonds. The van der Waals surface area contributed by atoms with Gasteiger partial charge in [-0.1, -0.05) is 6.07 Å². The van der Waals surface area contributed by atoms with Gasteiger partial charge >= 0.3 is 0 Å². The molecular weight excluding hydrogens is 267 g/mol. The van der Waals surface area contributed by atoms with Crippen LogP contribution in [-0.4, -0.2) is 6.54 Å². The fraction of sp³-hybridized carbons (Fsp3) is 0.200. The number of rotatable bonds is 5. The van der Waals surface area contributed by atoms with Gasteiger partial charge in [-0.25, -0.2) is 13.2 Å². The normalized spacial score (nSPS) is 10.6. The maximum Gasteiger partial charge on any atom is 0.159 e. The van der Waals surface area contributed by atoms with Crippen molar-refractivity contribution in [3.8, 4) is 5.75 Å². The number of ether oxygens (including phenoxy) is 1. The van der Waals surface area contributed by atoms with E-state index in [0.29, 0.717) is 29.8 Å². The summed E-state index contributed by atoms with van der Waals surface area (Å²) in [4.78, 5) is 0. The van der Waals surface area contributed by atoms with Gasteiger partial charge in [0.2, 0.25) is 0 Å². The van der Waals surface area contributed by atoms with Gasteiger partial charge < -0.3 is 10.5 Å². The predicted octanol–water partition coefficient (Wildman–Crippen LogP) is 3.18. The molecule has 2 rings (SSSR count). The van der Waals surface area contributed by atoms with Gasteiger partial charge in [0.25, 0.3) is 0 Å². The average Bonchev–Trinajstić information content (AvgIpc) is 2.42. The predicted molar refractivity (Wildman–Crippen MR) is 69.8 cm³/mol. The van der Waals surface area contributed by atoms with Gasteiger partial charge in [0, 0.05) is 0 Å². The van der Waals surface area contributed by atoms with Crippen LogP contribution in [0.5, 0.6) is 5.75 Å². The molecule has 0 atom stereocenters. The molecule has 0 unspecified atom stereocenters. The van der Waals surface area contributed by atoms with E-state index in [1.165, 1.54) is 24.3 Å². The van der Waals surface area contributed by atoms with Gasteiger partial charge in [-0.15, -0.1) is 0 Å². The quantitative estimate of drug-likeness (QED) is 0.913. The third kappa shape index (κ3) is 3.51. The molecule has 106 valence electrons. The van der Waals surface area contributed by atoms with Crippen molar-refractivity contribution in [1.82, 2.24) is 0 Å². The first-order valence-corrected chi connectivity index (χ1v) is 6.15. The highest BCUT2D eigenvalue weighted by Gasteiger charge is 2.07. The number of halogens is 3. The first kappa shape index (κ1) is 14.4. The van der Waals surface area contributed by atoms with E-state index in [-0.39, 0.29) is 12.4 Å². The SMILES string of the molecule is NCCc1cc(F)ccc1OCc1ccc(F)c(F)c1. The minimum atomic E-state index is -0.924. The zero-order valence-corrected chi connectivity index (χ0v) is 10.7. The summed E-state index contributed by atoms with van der Waals surface area (Å²) in [7, 11) is 0. The van der Waals surface area contributed by atoms with Gasteiger partial charge in [0.05, 0.1) is 0 Å². The summed E-state index contributed by atoms with van der Waals surface area (Å²) in [6.45, 7) is 0.436. The molecule has 5 heteroatoms. The zero-order valence-electron chi connectivity index (χ0n) is 10.7. The molecule has 2 aromatic rings. The van der Waals surface area contributed by atoms with Gasteiger partial charge in [-0.2, -0.15) is 0 Å². The Hall–Kier alpha value is -2.01. The molecular formula is C15H14F3NO. The van der Waals surface area contributed by atoms with Crippen molar-refractivity contribution in [2.75, 3.05) is 6.54 Å². The molecule has 0 saturated heterocycles. The van der Waals surface area contributed by atoms with Crippen LogP contribution in [0.4, 0.5) is 13.2 Å². The molecule has 2 nitrogen and oxygen atoms in total. The van der Waals surface area contributed by atoms with E-state index in [2.05, 4.69) is 0 Å². The molecule has 0 aromatic heterocycles. The number of hydrogen-bond acceptors (Lipinski definition) is 2. The molecule has 0 spiro atoms. The Kier molecular flexibility index (Phi) is 4.63. The fourth-order valence-corrected chi connectivity index (χ4v) is 1.83. The molecule has 0 aliphatic carbocycles. The molecule has 0 aliphatic heterocycles. The van der Waals surface area contributed by atoms with E-state index in [1.54, 1.807) is 0 Å². The highest BCUT2D eigenvalue weighted by atomic mass is 19.2. The molecule has 0 fully saturated rings. The summed E-state index contributed by atoms with van der Waals surface area (Å²) in [5, 5.41) is 0. The summed E-state index contributed by atoms with van der Waals surface area (Å²) < 4.78 is 44.5. The lowest BCUT2D eigenvalue weighted by Gasteiger charge is -2.11. The van der Waals surface area contributed by atoms with Crippen molar-refractivity contribution >= 4 is 0 Å². The summed E-state index contributed by atoms with van der Waals surface area (Å²) in [5.74, 6) is -1.71. The summed E-state index contributed by atoms with van der Waals surface area (Å²) in [5.41, 5.74) is 6.59. The number of nitrogens with two attached hydrogens (primary N) is 1. The summed E-state index contributed by atoms with van der Waals surface area (Å²) in [6.07, 6.45) is 0.477. The van der Waals surface area contributed by atoms with Crippen LogP contribution in [0.1, 0.15) is 11.1 Å². The molecule has 20 heavy (non-hydrogen) atoms. The zero-order chi connectivity index (χ0) is 14.5. The number of hydrogen-bond donors (Lipinski definition) is 1. The molecule has 0 radical (unpaired) electrons. The van der Waals surface area contributed by atoms with Crippen molar-refractivity contribution < 1.29 is 17.9 Å². The minimum Gasteiger partial charge on any atom is -0.489 e. The molecule has 2 N–H and O–H groups in total. The Morgan fingerprint density at radius 1 is 0.950 bits per heavy atom. The Labute approximate surface area is 115 Å². The molecule has 0 aliphatic rings. The van der Waals surface area contributed by atoms with Crippen LogP contribution >= 0.6 is 0 Å². The van der Waals surface area contributed by atoms with Crippen LogP contribution in [-0.2, 0) is 13.0 Å². The molecule has 0 bridgehead atoms. The fourth-order valence-electron chi connectivity index (χ4n) is 1.83. The molecule has 0 heterocycles. The third-order valence-electron chi connectivity index (χ3n) is 2.81. The molecule has 0 saturated carbocycles. The second-order valence-electron chi connectivity index (χ2n) is 4.33. The van der Waals surface area contributed by atoms with Crippen LogP contribution in [0.25, 0.3) is 0 Å². The number of benzene rings is 2. The second kappa shape index (κ2) is 6.43. The first-order valence-electron chi connectivity index (χ1n) is 6.15. The van der Waals surface area contributed by atoms with Crippen molar-refractivity contribution in [3.05, 3.63) is 65.0 Å². The van der Waals surface area contributed by atoms with Crippen LogP contribution in [0.15, 0.2) is 36.4 Å². The van der Waals surface area contributed by atoms with Crippen LogP contribution in [0.3, 0.4) is 0 Å². The van der Waals surface area contributed by atoms with Gasteiger partial charge in [-0.05, 0) is 54.4 Å². The van der Waals surface area contributed by atoms with Gasteiger partial charge in [0.15, 0.2) is 11.6 Å².